The van der Waals surface area contributed by atoms with E-state index in [0.29, 0.717) is 5.56 Å². The van der Waals surface area contributed by atoms with Crippen molar-refractivity contribution in [2.45, 2.75) is 39.7 Å². The molecule has 1 amide bonds. The van der Waals surface area contributed by atoms with Gasteiger partial charge in [0.15, 0.2) is 0 Å². The highest BCUT2D eigenvalue weighted by Crippen LogP contribution is 2.14. The lowest BCUT2D eigenvalue weighted by Crippen LogP contribution is -2.19. The molecule has 0 saturated carbocycles. The van der Waals surface area contributed by atoms with Crippen molar-refractivity contribution in [3.8, 4) is 11.5 Å². The second-order valence-corrected chi connectivity index (χ2v) is 6.33. The third-order valence-corrected chi connectivity index (χ3v) is 3.77. The first-order valence-corrected chi connectivity index (χ1v) is 8.71. The van der Waals surface area contributed by atoms with Crippen LogP contribution >= 0.6 is 0 Å². The summed E-state index contributed by atoms with van der Waals surface area (Å²) in [6, 6.07) is 15.0. The van der Waals surface area contributed by atoms with Gasteiger partial charge in [-0.25, -0.2) is 5.43 Å². The Balaban J connectivity index is 1.84. The summed E-state index contributed by atoms with van der Waals surface area (Å²) < 4.78 is 10.7. The third-order valence-electron chi connectivity index (χ3n) is 3.77. The van der Waals surface area contributed by atoms with E-state index in [1.54, 1.807) is 31.4 Å². The third kappa shape index (κ3) is 6.24. The number of ether oxygens (including phenoxy) is 2. The summed E-state index contributed by atoms with van der Waals surface area (Å²) in [6.45, 7) is 5.83. The SMILES string of the molecule is COc1ccc(CC/C(C)=N\NC(=O)c2ccc(OC(C)C)cc2)cc1. The van der Waals surface area contributed by atoms with Crippen LogP contribution in [0.25, 0.3) is 0 Å². The van der Waals surface area contributed by atoms with Gasteiger partial charge in [-0.2, -0.15) is 5.10 Å². The predicted octanol–water partition coefficient (Wildman–Crippen LogP) is 4.22. The van der Waals surface area contributed by atoms with E-state index in [4.69, 9.17) is 9.47 Å². The molecule has 2 aromatic rings. The molecule has 0 spiro atoms. The number of nitrogens with one attached hydrogen (secondary N) is 1. The Bertz CT molecular complexity index is 735. The minimum absolute atomic E-state index is 0.104. The molecular weight excluding hydrogens is 328 g/mol. The van der Waals surface area contributed by atoms with Gasteiger partial charge in [0.05, 0.1) is 13.2 Å². The number of hydrogen-bond donors (Lipinski definition) is 1. The van der Waals surface area contributed by atoms with Gasteiger partial charge in [0, 0.05) is 11.3 Å². The lowest BCUT2D eigenvalue weighted by molar-refractivity contribution is 0.0954. The summed E-state index contributed by atoms with van der Waals surface area (Å²) in [6.07, 6.45) is 1.73. The van der Waals surface area contributed by atoms with E-state index in [2.05, 4.69) is 10.5 Å². The summed E-state index contributed by atoms with van der Waals surface area (Å²) >= 11 is 0. The smallest absolute Gasteiger partial charge is 0.271 e. The number of rotatable bonds is 8. The van der Waals surface area contributed by atoms with E-state index in [1.807, 2.05) is 45.0 Å². The van der Waals surface area contributed by atoms with Crippen molar-refractivity contribution in [3.05, 3.63) is 59.7 Å². The highest BCUT2D eigenvalue weighted by molar-refractivity contribution is 5.95. The first-order chi connectivity index (χ1) is 12.5. The second-order valence-electron chi connectivity index (χ2n) is 6.33. The van der Waals surface area contributed by atoms with Gasteiger partial charge in [-0.05, 0) is 75.6 Å². The number of hydrazone groups is 1. The number of carbonyl (C=O) groups excluding carboxylic acids is 1. The monoisotopic (exact) mass is 354 g/mol. The molecule has 0 fully saturated rings. The molecule has 0 aliphatic rings. The molecule has 0 unspecified atom stereocenters. The molecule has 0 aliphatic heterocycles. The van der Waals surface area contributed by atoms with E-state index >= 15 is 0 Å². The Morgan fingerprint density at radius 2 is 1.65 bits per heavy atom. The van der Waals surface area contributed by atoms with Gasteiger partial charge in [0.1, 0.15) is 11.5 Å². The van der Waals surface area contributed by atoms with Crippen molar-refractivity contribution in [2.75, 3.05) is 7.11 Å². The van der Waals surface area contributed by atoms with Crippen LogP contribution in [0.1, 0.15) is 43.1 Å². The Kier molecular flexibility index (Phi) is 7.21. The van der Waals surface area contributed by atoms with Crippen LogP contribution in [0.4, 0.5) is 0 Å². The van der Waals surface area contributed by atoms with Crippen molar-refractivity contribution in [2.24, 2.45) is 5.10 Å². The van der Waals surface area contributed by atoms with E-state index < -0.39 is 0 Å². The number of nitrogens with zero attached hydrogens (tertiary/aromatic N) is 1. The molecule has 5 heteroatoms. The molecule has 5 nitrogen and oxygen atoms in total. The van der Waals surface area contributed by atoms with Crippen LogP contribution in [-0.4, -0.2) is 24.8 Å². The summed E-state index contributed by atoms with van der Waals surface area (Å²) in [5.74, 6) is 1.36. The van der Waals surface area contributed by atoms with Crippen LogP contribution in [0.3, 0.4) is 0 Å². The van der Waals surface area contributed by atoms with E-state index in [1.165, 1.54) is 5.56 Å². The van der Waals surface area contributed by atoms with Crippen molar-refractivity contribution in [1.82, 2.24) is 5.43 Å². The highest BCUT2D eigenvalue weighted by Gasteiger charge is 2.06. The largest absolute Gasteiger partial charge is 0.497 e. The fraction of sp³-hybridized carbons (Fsp3) is 0.333. The predicted molar refractivity (Wildman–Crippen MR) is 104 cm³/mol. The Morgan fingerprint density at radius 1 is 1.04 bits per heavy atom. The molecule has 0 saturated heterocycles. The van der Waals surface area contributed by atoms with E-state index in [-0.39, 0.29) is 12.0 Å². The van der Waals surface area contributed by atoms with Crippen molar-refractivity contribution < 1.29 is 14.3 Å². The number of benzene rings is 2. The maximum absolute atomic E-state index is 12.2. The van der Waals surface area contributed by atoms with Gasteiger partial charge in [-0.15, -0.1) is 0 Å². The number of aryl methyl sites for hydroxylation is 1. The van der Waals surface area contributed by atoms with Gasteiger partial charge in [0.25, 0.3) is 5.91 Å². The molecule has 0 atom stereocenters. The van der Waals surface area contributed by atoms with Gasteiger partial charge in [-0.3, -0.25) is 4.79 Å². The average Bonchev–Trinajstić information content (AvgIpc) is 2.65. The van der Waals surface area contributed by atoms with Crippen LogP contribution in [-0.2, 0) is 6.42 Å². The minimum atomic E-state index is -0.232. The number of carbonyl (C=O) groups is 1. The molecule has 0 aliphatic carbocycles. The van der Waals surface area contributed by atoms with Crippen molar-refractivity contribution in [1.29, 1.82) is 0 Å². The normalized spacial score (nSPS) is 11.3. The Labute approximate surface area is 155 Å². The molecule has 1 N–H and O–H groups in total. The maximum atomic E-state index is 12.2. The molecule has 0 aromatic heterocycles. The first kappa shape index (κ1) is 19.5. The lowest BCUT2D eigenvalue weighted by Gasteiger charge is -2.09. The standard InChI is InChI=1S/C21H26N2O3/c1-15(2)26-20-13-9-18(10-14-20)21(24)23-22-16(3)5-6-17-7-11-19(25-4)12-8-17/h7-15H,5-6H2,1-4H3,(H,23,24)/b22-16-. The molecule has 0 bridgehead atoms. The van der Waals surface area contributed by atoms with Crippen molar-refractivity contribution >= 4 is 11.6 Å². The van der Waals surface area contributed by atoms with E-state index in [9.17, 15) is 4.79 Å². The minimum Gasteiger partial charge on any atom is -0.497 e. The van der Waals surface area contributed by atoms with Crippen LogP contribution < -0.4 is 14.9 Å². The van der Waals surface area contributed by atoms with Gasteiger partial charge >= 0.3 is 0 Å². The van der Waals surface area contributed by atoms with Crippen LogP contribution in [0.5, 0.6) is 11.5 Å². The Morgan fingerprint density at radius 3 is 2.23 bits per heavy atom. The topological polar surface area (TPSA) is 59.9 Å². The summed E-state index contributed by atoms with van der Waals surface area (Å²) in [5, 5.41) is 4.18. The zero-order chi connectivity index (χ0) is 18.9. The fourth-order valence-corrected chi connectivity index (χ4v) is 2.34. The molecular formula is C21H26N2O3. The second kappa shape index (κ2) is 9.61. The first-order valence-electron chi connectivity index (χ1n) is 8.71. The maximum Gasteiger partial charge on any atom is 0.271 e. The van der Waals surface area contributed by atoms with Crippen LogP contribution in [0.15, 0.2) is 53.6 Å². The van der Waals surface area contributed by atoms with Crippen molar-refractivity contribution in [3.63, 3.8) is 0 Å². The quantitative estimate of drug-likeness (QED) is 0.570. The number of methoxy groups -OCH3 is 1. The highest BCUT2D eigenvalue weighted by atomic mass is 16.5. The summed E-state index contributed by atoms with van der Waals surface area (Å²) in [5.41, 5.74) is 5.22. The molecule has 138 valence electrons. The number of hydrogen-bond acceptors (Lipinski definition) is 4. The zero-order valence-electron chi connectivity index (χ0n) is 15.8. The summed E-state index contributed by atoms with van der Waals surface area (Å²) in [7, 11) is 1.65. The molecule has 26 heavy (non-hydrogen) atoms. The van der Waals surface area contributed by atoms with Gasteiger partial charge in [-0.1, -0.05) is 12.1 Å². The van der Waals surface area contributed by atoms with Gasteiger partial charge < -0.3 is 9.47 Å². The average molecular weight is 354 g/mol. The molecule has 0 heterocycles. The van der Waals surface area contributed by atoms with E-state index in [0.717, 1.165) is 30.1 Å². The number of amides is 1. The lowest BCUT2D eigenvalue weighted by atomic mass is 10.1. The van der Waals surface area contributed by atoms with Gasteiger partial charge in [0.2, 0.25) is 0 Å². The fourth-order valence-electron chi connectivity index (χ4n) is 2.34. The molecule has 0 radical (unpaired) electrons. The Hall–Kier alpha value is -2.82. The van der Waals surface area contributed by atoms with Crippen LogP contribution in [0, 0.1) is 0 Å². The van der Waals surface area contributed by atoms with Crippen LogP contribution in [0.2, 0.25) is 0 Å². The summed E-state index contributed by atoms with van der Waals surface area (Å²) in [4.78, 5) is 12.2. The zero-order valence-corrected chi connectivity index (χ0v) is 15.8. The molecule has 2 rings (SSSR count). The molecule has 2 aromatic carbocycles.